The van der Waals surface area contributed by atoms with Gasteiger partial charge in [0.1, 0.15) is 11.9 Å². The Balaban J connectivity index is 2.32. The number of anilines is 1. The molecule has 0 aliphatic heterocycles. The fourth-order valence-corrected chi connectivity index (χ4v) is 2.66. The summed E-state index contributed by atoms with van der Waals surface area (Å²) in [5.41, 5.74) is 0.451. The van der Waals surface area contributed by atoms with Crippen LogP contribution in [0.25, 0.3) is 0 Å². The van der Waals surface area contributed by atoms with Crippen LogP contribution in [-0.4, -0.2) is 18.6 Å². The molecule has 0 saturated carbocycles. The molecule has 2 aromatic rings. The summed E-state index contributed by atoms with van der Waals surface area (Å²) < 4.78 is 39.8. The second kappa shape index (κ2) is 5.54. The fourth-order valence-electron chi connectivity index (χ4n) is 1.64. The lowest BCUT2D eigenvalue weighted by Gasteiger charge is -2.05. The number of sulfonamides is 1. The van der Waals surface area contributed by atoms with E-state index in [9.17, 15) is 12.8 Å². The highest BCUT2D eigenvalue weighted by atomic mass is 32.2. The van der Waals surface area contributed by atoms with Crippen LogP contribution in [0, 0.1) is 17.1 Å². The summed E-state index contributed by atoms with van der Waals surface area (Å²) >= 11 is 0. The molecule has 0 radical (unpaired) electrons. The van der Waals surface area contributed by atoms with Crippen molar-refractivity contribution < 1.29 is 12.8 Å². The van der Waals surface area contributed by atoms with Gasteiger partial charge in [0.05, 0.1) is 10.5 Å². The van der Waals surface area contributed by atoms with Crippen molar-refractivity contribution in [3.05, 3.63) is 41.3 Å². The van der Waals surface area contributed by atoms with E-state index in [-0.39, 0.29) is 22.2 Å². The van der Waals surface area contributed by atoms with Gasteiger partial charge in [-0.15, -0.1) is 0 Å². The van der Waals surface area contributed by atoms with Crippen LogP contribution < -0.4 is 4.72 Å². The maximum atomic E-state index is 13.2. The second-order valence-electron chi connectivity index (χ2n) is 4.72. The molecule has 0 aliphatic carbocycles. The van der Waals surface area contributed by atoms with E-state index in [4.69, 9.17) is 5.26 Å². The van der Waals surface area contributed by atoms with E-state index < -0.39 is 15.8 Å². The van der Waals surface area contributed by atoms with Gasteiger partial charge in [0, 0.05) is 11.8 Å². The molecule has 0 amide bonds. The number of H-pyrrole nitrogens is 1. The van der Waals surface area contributed by atoms with E-state index in [0.717, 1.165) is 23.9 Å². The summed E-state index contributed by atoms with van der Waals surface area (Å²) in [6.07, 6.45) is 0. The van der Waals surface area contributed by atoms with Gasteiger partial charge in [0.2, 0.25) is 0 Å². The lowest BCUT2D eigenvalue weighted by molar-refractivity contribution is 0.599. The number of hydrogen-bond acceptors (Lipinski definition) is 4. The minimum absolute atomic E-state index is 0.140. The smallest absolute Gasteiger partial charge is 0.263 e. The van der Waals surface area contributed by atoms with Gasteiger partial charge in [-0.25, -0.2) is 12.8 Å². The first kappa shape index (κ1) is 15.0. The zero-order valence-corrected chi connectivity index (χ0v) is 12.2. The lowest BCUT2D eigenvalue weighted by Crippen LogP contribution is -2.13. The lowest BCUT2D eigenvalue weighted by atomic mass is 10.1. The Morgan fingerprint density at radius 1 is 1.38 bits per heavy atom. The molecule has 0 atom stereocenters. The number of halogens is 1. The number of nitrogens with one attached hydrogen (secondary N) is 2. The van der Waals surface area contributed by atoms with E-state index in [2.05, 4.69) is 14.9 Å². The van der Waals surface area contributed by atoms with Crippen LogP contribution in [0.15, 0.2) is 29.2 Å². The summed E-state index contributed by atoms with van der Waals surface area (Å²) in [4.78, 5) is -0.199. The zero-order chi connectivity index (χ0) is 15.6. The summed E-state index contributed by atoms with van der Waals surface area (Å²) in [5.74, 6) is -0.452. The number of hydrogen-bond donors (Lipinski definition) is 2. The number of nitriles is 1. The number of rotatable bonds is 4. The average molecular weight is 308 g/mol. The third kappa shape index (κ3) is 3.20. The molecule has 6 nitrogen and oxygen atoms in total. The Morgan fingerprint density at radius 2 is 2.10 bits per heavy atom. The first-order valence-corrected chi connectivity index (χ1v) is 7.59. The summed E-state index contributed by atoms with van der Waals surface area (Å²) in [6, 6.07) is 6.20. The third-order valence-electron chi connectivity index (χ3n) is 2.83. The monoisotopic (exact) mass is 308 g/mol. The molecule has 0 saturated heterocycles. The van der Waals surface area contributed by atoms with Gasteiger partial charge in [-0.2, -0.15) is 10.4 Å². The normalized spacial score (nSPS) is 11.4. The quantitative estimate of drug-likeness (QED) is 0.905. The Labute approximate surface area is 121 Å². The van der Waals surface area contributed by atoms with Crippen LogP contribution in [0.5, 0.6) is 0 Å². The molecule has 1 aromatic carbocycles. The van der Waals surface area contributed by atoms with Crippen molar-refractivity contribution >= 4 is 15.8 Å². The van der Waals surface area contributed by atoms with Crippen LogP contribution in [0.3, 0.4) is 0 Å². The molecule has 2 rings (SSSR count). The molecule has 0 fully saturated rings. The van der Waals surface area contributed by atoms with Gasteiger partial charge in [-0.3, -0.25) is 9.82 Å². The van der Waals surface area contributed by atoms with Crippen LogP contribution in [0.1, 0.15) is 31.0 Å². The number of aromatic amines is 1. The largest absolute Gasteiger partial charge is 0.280 e. The van der Waals surface area contributed by atoms with E-state index in [1.165, 1.54) is 0 Å². The topological polar surface area (TPSA) is 98.6 Å². The molecule has 1 aromatic heterocycles. The minimum atomic E-state index is -3.93. The van der Waals surface area contributed by atoms with E-state index in [1.54, 1.807) is 12.1 Å². The molecule has 0 aliphatic rings. The Morgan fingerprint density at radius 3 is 2.67 bits per heavy atom. The van der Waals surface area contributed by atoms with Crippen molar-refractivity contribution in [2.24, 2.45) is 0 Å². The second-order valence-corrected chi connectivity index (χ2v) is 6.40. The standard InChI is InChI=1S/C13H13FN4O2S/c1-8(2)12-6-13(17-16-12)18-21(19,20)10-3-4-11(14)9(5-10)7-15/h3-6,8H,1-2H3,(H2,16,17,18). The Bertz CT molecular complexity index is 806. The predicted octanol–water partition coefficient (Wildman–Crippen LogP) is 2.34. The van der Waals surface area contributed by atoms with Crippen molar-refractivity contribution in [2.75, 3.05) is 4.72 Å². The van der Waals surface area contributed by atoms with Gasteiger partial charge >= 0.3 is 0 Å². The van der Waals surface area contributed by atoms with Crippen molar-refractivity contribution in [2.45, 2.75) is 24.7 Å². The summed E-state index contributed by atoms with van der Waals surface area (Å²) in [6.45, 7) is 3.87. The predicted molar refractivity (Wildman–Crippen MR) is 74.6 cm³/mol. The van der Waals surface area contributed by atoms with Crippen LogP contribution in [0.4, 0.5) is 10.2 Å². The Kier molecular flexibility index (Phi) is 3.95. The Hall–Kier alpha value is -2.40. The third-order valence-corrected chi connectivity index (χ3v) is 4.18. The molecule has 8 heteroatoms. The van der Waals surface area contributed by atoms with Gasteiger partial charge in [0.25, 0.3) is 10.0 Å². The molecular formula is C13H13FN4O2S. The first-order chi connectivity index (χ1) is 9.83. The highest BCUT2D eigenvalue weighted by Crippen LogP contribution is 2.20. The molecule has 2 N–H and O–H groups in total. The number of aromatic nitrogens is 2. The highest BCUT2D eigenvalue weighted by Gasteiger charge is 2.18. The SMILES string of the molecule is CC(C)c1cc(NS(=O)(=O)c2ccc(F)c(C#N)c2)n[nH]1. The van der Waals surface area contributed by atoms with Gasteiger partial charge in [-0.1, -0.05) is 13.8 Å². The molecule has 0 bridgehead atoms. The fraction of sp³-hybridized carbons (Fsp3) is 0.231. The van der Waals surface area contributed by atoms with Crippen molar-refractivity contribution in [3.63, 3.8) is 0 Å². The first-order valence-electron chi connectivity index (χ1n) is 6.11. The minimum Gasteiger partial charge on any atom is -0.280 e. The summed E-state index contributed by atoms with van der Waals surface area (Å²) in [7, 11) is -3.93. The van der Waals surface area contributed by atoms with Crippen molar-refractivity contribution in [1.82, 2.24) is 10.2 Å². The van der Waals surface area contributed by atoms with E-state index in [0.29, 0.717) is 0 Å². The molecular weight excluding hydrogens is 295 g/mol. The van der Waals surface area contributed by atoms with Crippen LogP contribution in [0.2, 0.25) is 0 Å². The van der Waals surface area contributed by atoms with Crippen molar-refractivity contribution in [1.29, 1.82) is 5.26 Å². The van der Waals surface area contributed by atoms with Crippen LogP contribution in [-0.2, 0) is 10.0 Å². The van der Waals surface area contributed by atoms with Crippen molar-refractivity contribution in [3.8, 4) is 6.07 Å². The number of benzene rings is 1. The van der Waals surface area contributed by atoms with E-state index in [1.807, 2.05) is 13.8 Å². The molecule has 0 unspecified atom stereocenters. The molecule has 0 spiro atoms. The zero-order valence-electron chi connectivity index (χ0n) is 11.4. The summed E-state index contributed by atoms with van der Waals surface area (Å²) in [5, 5.41) is 15.3. The number of nitrogens with zero attached hydrogens (tertiary/aromatic N) is 2. The average Bonchev–Trinajstić information content (AvgIpc) is 2.87. The highest BCUT2D eigenvalue weighted by molar-refractivity contribution is 7.92. The maximum Gasteiger partial charge on any atom is 0.263 e. The molecule has 21 heavy (non-hydrogen) atoms. The van der Waals surface area contributed by atoms with E-state index >= 15 is 0 Å². The van der Waals surface area contributed by atoms with Gasteiger partial charge < -0.3 is 0 Å². The van der Waals surface area contributed by atoms with Gasteiger partial charge in [-0.05, 0) is 24.1 Å². The maximum absolute atomic E-state index is 13.2. The molecule has 110 valence electrons. The molecule has 1 heterocycles. The van der Waals surface area contributed by atoms with Crippen LogP contribution >= 0.6 is 0 Å². The van der Waals surface area contributed by atoms with Gasteiger partial charge in [0.15, 0.2) is 5.82 Å².